The standard InChI is InChI=1S/C23H20FN5O3/c1-25-18-7-4-3-6-17(18)20-26-21-19(29(20)14-15-8-10-16(24)11-9-15)22(31)28(12-5-13-30)23(32)27(21)2/h3-4,6-11,30H,5,12-14H2,2H3. The first-order valence-corrected chi connectivity index (χ1v) is 9.98. The van der Waals surface area contributed by atoms with Gasteiger partial charge in [-0.15, -0.1) is 0 Å². The zero-order valence-electron chi connectivity index (χ0n) is 17.3. The van der Waals surface area contributed by atoms with Crippen LogP contribution in [-0.2, 0) is 20.1 Å². The maximum atomic E-state index is 13.4. The second kappa shape index (κ2) is 8.61. The lowest BCUT2D eigenvalue weighted by molar-refractivity contribution is 0.277. The molecule has 162 valence electrons. The quantitative estimate of drug-likeness (QED) is 0.474. The fourth-order valence-corrected chi connectivity index (χ4v) is 3.69. The van der Waals surface area contributed by atoms with Gasteiger partial charge in [0.25, 0.3) is 5.56 Å². The third-order valence-electron chi connectivity index (χ3n) is 5.29. The van der Waals surface area contributed by atoms with Crippen molar-refractivity contribution in [3.63, 3.8) is 0 Å². The molecule has 0 atom stereocenters. The summed E-state index contributed by atoms with van der Waals surface area (Å²) >= 11 is 0. The molecule has 0 aliphatic heterocycles. The van der Waals surface area contributed by atoms with Crippen molar-refractivity contribution in [2.45, 2.75) is 19.5 Å². The lowest BCUT2D eigenvalue weighted by Gasteiger charge is -2.12. The van der Waals surface area contributed by atoms with Gasteiger partial charge in [-0.1, -0.05) is 36.4 Å². The summed E-state index contributed by atoms with van der Waals surface area (Å²) in [6.45, 7) is 7.60. The molecule has 1 N–H and O–H groups in total. The number of rotatable bonds is 6. The van der Waals surface area contributed by atoms with Gasteiger partial charge in [0.2, 0.25) is 0 Å². The summed E-state index contributed by atoms with van der Waals surface area (Å²) in [6, 6.07) is 12.8. The van der Waals surface area contributed by atoms with Crippen LogP contribution in [-0.4, -0.2) is 30.4 Å². The Labute approximate surface area is 182 Å². The molecular formula is C23H20FN5O3. The van der Waals surface area contributed by atoms with Gasteiger partial charge in [0.1, 0.15) is 11.6 Å². The van der Waals surface area contributed by atoms with Crippen LogP contribution in [0.4, 0.5) is 10.1 Å². The first-order chi connectivity index (χ1) is 15.5. The average molecular weight is 433 g/mol. The molecule has 9 heteroatoms. The van der Waals surface area contributed by atoms with Crippen molar-refractivity contribution in [2.24, 2.45) is 7.05 Å². The molecular weight excluding hydrogens is 413 g/mol. The number of hydrogen-bond donors (Lipinski definition) is 1. The SMILES string of the molecule is [C-]#[N+]c1ccccc1-c1nc2c(c(=O)n(CCCO)c(=O)n2C)n1Cc1ccc(F)cc1. The molecule has 0 spiro atoms. The highest BCUT2D eigenvalue weighted by Crippen LogP contribution is 2.31. The lowest BCUT2D eigenvalue weighted by Crippen LogP contribution is -2.39. The molecule has 0 saturated carbocycles. The Bertz CT molecular complexity index is 1460. The number of halogens is 1. The summed E-state index contributed by atoms with van der Waals surface area (Å²) in [4.78, 5) is 34.3. The minimum Gasteiger partial charge on any atom is -0.396 e. The zero-order valence-corrected chi connectivity index (χ0v) is 17.3. The molecule has 0 saturated heterocycles. The summed E-state index contributed by atoms with van der Waals surface area (Å²) in [5.41, 5.74) is 0.928. The van der Waals surface area contributed by atoms with E-state index < -0.39 is 11.2 Å². The Kier molecular flexibility index (Phi) is 5.71. The van der Waals surface area contributed by atoms with Gasteiger partial charge in [0, 0.05) is 32.3 Å². The van der Waals surface area contributed by atoms with Gasteiger partial charge in [-0.05, 0) is 24.1 Å². The second-order valence-electron chi connectivity index (χ2n) is 7.32. The fourth-order valence-electron chi connectivity index (χ4n) is 3.69. The van der Waals surface area contributed by atoms with E-state index in [1.165, 1.54) is 23.7 Å². The number of imidazole rings is 1. The molecule has 0 aliphatic carbocycles. The number of aliphatic hydroxyl groups excluding tert-OH is 1. The minimum absolute atomic E-state index is 0.0631. The molecule has 0 radical (unpaired) electrons. The summed E-state index contributed by atoms with van der Waals surface area (Å²) in [5.74, 6) is -0.0143. The molecule has 0 unspecified atom stereocenters. The molecule has 2 aromatic carbocycles. The minimum atomic E-state index is -0.535. The van der Waals surface area contributed by atoms with Crippen LogP contribution in [0.15, 0.2) is 58.1 Å². The maximum absolute atomic E-state index is 13.4. The topological polar surface area (TPSA) is 86.4 Å². The van der Waals surface area contributed by atoms with Gasteiger partial charge in [-0.25, -0.2) is 19.0 Å². The van der Waals surface area contributed by atoms with Crippen molar-refractivity contribution in [1.82, 2.24) is 18.7 Å². The molecule has 2 aromatic heterocycles. The van der Waals surface area contributed by atoms with Crippen LogP contribution >= 0.6 is 0 Å². The Morgan fingerprint density at radius 3 is 2.50 bits per heavy atom. The number of fused-ring (bicyclic) bond motifs is 1. The third-order valence-corrected chi connectivity index (χ3v) is 5.29. The van der Waals surface area contributed by atoms with Gasteiger partial charge in [-0.2, -0.15) is 0 Å². The number of para-hydroxylation sites is 1. The predicted molar refractivity (Wildman–Crippen MR) is 118 cm³/mol. The van der Waals surface area contributed by atoms with E-state index in [0.717, 1.165) is 10.1 Å². The molecule has 0 bridgehead atoms. The van der Waals surface area contributed by atoms with Crippen molar-refractivity contribution in [3.05, 3.63) is 92.2 Å². The molecule has 4 rings (SSSR count). The fraction of sp³-hybridized carbons (Fsp3) is 0.217. The highest BCUT2D eigenvalue weighted by Gasteiger charge is 2.22. The van der Waals surface area contributed by atoms with E-state index >= 15 is 0 Å². The number of aryl methyl sites for hydroxylation is 1. The van der Waals surface area contributed by atoms with E-state index in [1.54, 1.807) is 41.0 Å². The number of aliphatic hydroxyl groups is 1. The van der Waals surface area contributed by atoms with Gasteiger partial charge < -0.3 is 9.67 Å². The number of benzene rings is 2. The number of aromatic nitrogens is 4. The Hall–Kier alpha value is -4.03. The summed E-state index contributed by atoms with van der Waals surface area (Å²) in [6.07, 6.45) is 0.250. The normalized spacial score (nSPS) is 11.1. The highest BCUT2D eigenvalue weighted by molar-refractivity contribution is 5.82. The van der Waals surface area contributed by atoms with Crippen molar-refractivity contribution in [2.75, 3.05) is 6.61 Å². The van der Waals surface area contributed by atoms with Gasteiger partial charge in [0.15, 0.2) is 16.9 Å². The van der Waals surface area contributed by atoms with E-state index in [0.29, 0.717) is 17.1 Å². The zero-order chi connectivity index (χ0) is 22.8. The lowest BCUT2D eigenvalue weighted by atomic mass is 10.1. The number of hydrogen-bond acceptors (Lipinski definition) is 4. The van der Waals surface area contributed by atoms with E-state index in [-0.39, 0.29) is 43.1 Å². The van der Waals surface area contributed by atoms with Crippen LogP contribution in [0.2, 0.25) is 0 Å². The summed E-state index contributed by atoms with van der Waals surface area (Å²) in [7, 11) is 1.53. The Morgan fingerprint density at radius 2 is 1.81 bits per heavy atom. The maximum Gasteiger partial charge on any atom is 0.332 e. The van der Waals surface area contributed by atoms with Crippen LogP contribution in [0.25, 0.3) is 27.4 Å². The number of nitrogens with zero attached hydrogens (tertiary/aromatic N) is 5. The van der Waals surface area contributed by atoms with E-state index in [1.807, 2.05) is 0 Å². The molecule has 0 fully saturated rings. The smallest absolute Gasteiger partial charge is 0.332 e. The predicted octanol–water partition coefficient (Wildman–Crippen LogP) is 2.68. The van der Waals surface area contributed by atoms with Gasteiger partial charge in [-0.3, -0.25) is 13.9 Å². The van der Waals surface area contributed by atoms with Crippen molar-refractivity contribution < 1.29 is 9.50 Å². The van der Waals surface area contributed by atoms with E-state index in [9.17, 15) is 19.1 Å². The first kappa shape index (κ1) is 21.2. The van der Waals surface area contributed by atoms with Crippen molar-refractivity contribution >= 4 is 16.9 Å². The highest BCUT2D eigenvalue weighted by atomic mass is 19.1. The summed E-state index contributed by atoms with van der Waals surface area (Å²) in [5, 5.41) is 9.17. The summed E-state index contributed by atoms with van der Waals surface area (Å²) < 4.78 is 17.5. The largest absolute Gasteiger partial charge is 0.396 e. The van der Waals surface area contributed by atoms with Crippen LogP contribution < -0.4 is 11.2 Å². The van der Waals surface area contributed by atoms with Crippen molar-refractivity contribution in [3.8, 4) is 11.4 Å². The van der Waals surface area contributed by atoms with Crippen LogP contribution in [0.5, 0.6) is 0 Å². The van der Waals surface area contributed by atoms with Crippen LogP contribution in [0, 0.1) is 12.4 Å². The molecule has 2 heterocycles. The van der Waals surface area contributed by atoms with Crippen LogP contribution in [0.1, 0.15) is 12.0 Å². The molecule has 32 heavy (non-hydrogen) atoms. The monoisotopic (exact) mass is 433 g/mol. The van der Waals surface area contributed by atoms with E-state index in [4.69, 9.17) is 6.57 Å². The average Bonchev–Trinajstić information content (AvgIpc) is 3.18. The Morgan fingerprint density at radius 1 is 1.09 bits per heavy atom. The third kappa shape index (κ3) is 3.61. The Balaban J connectivity index is 2.06. The van der Waals surface area contributed by atoms with Gasteiger partial charge in [0.05, 0.1) is 6.57 Å². The second-order valence-corrected chi connectivity index (χ2v) is 7.32. The molecule has 0 amide bonds. The first-order valence-electron chi connectivity index (χ1n) is 9.98. The van der Waals surface area contributed by atoms with Gasteiger partial charge >= 0.3 is 5.69 Å². The van der Waals surface area contributed by atoms with Crippen molar-refractivity contribution in [1.29, 1.82) is 0 Å². The van der Waals surface area contributed by atoms with Crippen LogP contribution in [0.3, 0.4) is 0 Å². The molecule has 4 aromatic rings. The molecule has 0 aliphatic rings. The van der Waals surface area contributed by atoms with E-state index in [2.05, 4.69) is 9.83 Å². The molecule has 8 nitrogen and oxygen atoms in total.